The zero-order chi connectivity index (χ0) is 32.6. The summed E-state index contributed by atoms with van der Waals surface area (Å²) in [6.07, 6.45) is -14.3. The first-order valence-electron chi connectivity index (χ1n) is 14.9. The van der Waals surface area contributed by atoms with Crippen LogP contribution >= 0.6 is 0 Å². The van der Waals surface area contributed by atoms with E-state index in [1.807, 2.05) is 0 Å². The molecule has 4 fully saturated rings. The molecule has 2 saturated heterocycles. The van der Waals surface area contributed by atoms with Crippen molar-refractivity contribution in [2.75, 3.05) is 33.4 Å². The standard InChI is InChI=1S/C26H49N5O13/c1-25(39)9-41-22(18(37)21(25)29-2)44-20-11(31-24(38)26(40)7-13(26)28)6-10(27)19(17(20)36)43-23-16(35)15(34)14(33)12(42-23)8-30-4-3-5-32/h10-23,29-30,32-37,39-40H,3-9,27-28H2,1-2H3,(H,31,38)/t10-,11+,12+,13?,14+,15-,16+,17-,18+,19?,20-,21+,22+,23+,25-,26?/m0/s1. The Kier molecular flexibility index (Phi) is 11.6. The third-order valence-electron chi connectivity index (χ3n) is 8.96. The van der Waals surface area contributed by atoms with Crippen molar-refractivity contribution in [1.29, 1.82) is 0 Å². The van der Waals surface area contributed by atoms with Gasteiger partial charge in [0.25, 0.3) is 5.91 Å². The van der Waals surface area contributed by atoms with Gasteiger partial charge in [-0.1, -0.05) is 0 Å². The average molecular weight is 640 g/mol. The predicted octanol–water partition coefficient (Wildman–Crippen LogP) is -7.37. The van der Waals surface area contributed by atoms with E-state index in [0.29, 0.717) is 13.0 Å². The molecule has 16 atom stereocenters. The molecule has 2 heterocycles. The minimum Gasteiger partial charge on any atom is -0.396 e. The maximum atomic E-state index is 12.9. The number of nitrogens with one attached hydrogen (secondary N) is 3. The van der Waals surface area contributed by atoms with E-state index < -0.39 is 103 Å². The molecule has 2 aliphatic heterocycles. The lowest BCUT2D eigenvalue weighted by atomic mass is 9.83. The minimum absolute atomic E-state index is 0.0297. The Hall–Kier alpha value is -1.17. The molecule has 0 aromatic heterocycles. The van der Waals surface area contributed by atoms with E-state index >= 15 is 0 Å². The van der Waals surface area contributed by atoms with Crippen molar-refractivity contribution in [2.45, 2.75) is 123 Å². The van der Waals surface area contributed by atoms with Crippen LogP contribution in [-0.4, -0.2) is 177 Å². The summed E-state index contributed by atoms with van der Waals surface area (Å²) < 4.78 is 23.3. The number of nitrogens with two attached hydrogens (primary N) is 2. The lowest BCUT2D eigenvalue weighted by Gasteiger charge is -2.49. The van der Waals surface area contributed by atoms with Gasteiger partial charge in [-0.25, -0.2) is 0 Å². The summed E-state index contributed by atoms with van der Waals surface area (Å²) in [5.74, 6) is -0.803. The molecule has 1 amide bonds. The zero-order valence-electron chi connectivity index (χ0n) is 24.8. The summed E-state index contributed by atoms with van der Waals surface area (Å²) in [6.45, 7) is 1.60. The molecule has 4 aliphatic rings. The summed E-state index contributed by atoms with van der Waals surface area (Å²) in [5, 5.41) is 92.5. The molecule has 2 saturated carbocycles. The van der Waals surface area contributed by atoms with Gasteiger partial charge >= 0.3 is 0 Å². The van der Waals surface area contributed by atoms with Crippen LogP contribution in [0, 0.1) is 0 Å². The molecule has 0 aromatic rings. The molecule has 2 aliphatic carbocycles. The van der Waals surface area contributed by atoms with Gasteiger partial charge < -0.3 is 87.2 Å². The number of ether oxygens (including phenoxy) is 4. The van der Waals surface area contributed by atoms with Crippen LogP contribution in [0.5, 0.6) is 0 Å². The average Bonchev–Trinajstić information content (AvgIpc) is 3.59. The second-order valence-corrected chi connectivity index (χ2v) is 12.5. The van der Waals surface area contributed by atoms with Crippen molar-refractivity contribution in [3.63, 3.8) is 0 Å². The van der Waals surface area contributed by atoms with E-state index in [9.17, 15) is 40.5 Å². The molecule has 0 aromatic carbocycles. The maximum absolute atomic E-state index is 12.9. The fraction of sp³-hybridized carbons (Fsp3) is 0.962. The Morgan fingerprint density at radius 3 is 2.25 bits per heavy atom. The number of likely N-dealkylation sites (N-methyl/N-ethyl adjacent to an activating group) is 1. The third-order valence-corrected chi connectivity index (χ3v) is 8.96. The highest BCUT2D eigenvalue weighted by molar-refractivity contribution is 5.89. The Bertz CT molecular complexity index is 969. The number of aliphatic hydroxyl groups excluding tert-OH is 6. The number of carbonyl (C=O) groups excluding carboxylic acids is 1. The summed E-state index contributed by atoms with van der Waals surface area (Å²) in [7, 11) is 1.53. The van der Waals surface area contributed by atoms with Gasteiger partial charge in [-0.3, -0.25) is 4.79 Å². The first-order valence-corrected chi connectivity index (χ1v) is 14.9. The van der Waals surface area contributed by atoms with Gasteiger partial charge in [-0.15, -0.1) is 0 Å². The molecule has 0 bridgehead atoms. The number of carbonyl (C=O) groups is 1. The molecular formula is C26H49N5O13. The van der Waals surface area contributed by atoms with E-state index in [-0.39, 0.29) is 32.6 Å². The van der Waals surface area contributed by atoms with E-state index in [2.05, 4.69) is 16.0 Å². The summed E-state index contributed by atoms with van der Waals surface area (Å²) >= 11 is 0. The normalized spacial score (nSPS) is 49.5. The monoisotopic (exact) mass is 639 g/mol. The van der Waals surface area contributed by atoms with Crippen molar-refractivity contribution in [1.82, 2.24) is 16.0 Å². The van der Waals surface area contributed by atoms with Gasteiger partial charge in [0.2, 0.25) is 0 Å². The minimum atomic E-state index is -1.80. The maximum Gasteiger partial charge on any atom is 0.253 e. The smallest absolute Gasteiger partial charge is 0.253 e. The number of rotatable bonds is 12. The number of amides is 1. The van der Waals surface area contributed by atoms with Crippen LogP contribution in [0.25, 0.3) is 0 Å². The van der Waals surface area contributed by atoms with Crippen molar-refractivity contribution < 1.29 is 64.6 Å². The van der Waals surface area contributed by atoms with E-state index in [0.717, 1.165) is 0 Å². The highest BCUT2D eigenvalue weighted by atomic mass is 16.7. The van der Waals surface area contributed by atoms with E-state index in [4.69, 9.17) is 35.5 Å². The summed E-state index contributed by atoms with van der Waals surface area (Å²) in [6, 6.07) is -3.72. The largest absolute Gasteiger partial charge is 0.396 e. The van der Waals surface area contributed by atoms with Gasteiger partial charge in [-0.2, -0.15) is 0 Å². The van der Waals surface area contributed by atoms with Crippen LogP contribution in [0.3, 0.4) is 0 Å². The molecule has 44 heavy (non-hydrogen) atoms. The van der Waals surface area contributed by atoms with Gasteiger partial charge in [0.15, 0.2) is 18.2 Å². The summed E-state index contributed by atoms with van der Waals surface area (Å²) in [5.41, 5.74) is 8.83. The second kappa shape index (κ2) is 14.3. The Morgan fingerprint density at radius 2 is 1.64 bits per heavy atom. The Labute approximate surface area is 254 Å². The summed E-state index contributed by atoms with van der Waals surface area (Å²) in [4.78, 5) is 12.9. The van der Waals surface area contributed by atoms with E-state index in [1.54, 1.807) is 0 Å². The second-order valence-electron chi connectivity index (χ2n) is 12.5. The van der Waals surface area contributed by atoms with Crippen molar-refractivity contribution in [2.24, 2.45) is 11.5 Å². The van der Waals surface area contributed by atoms with Crippen molar-refractivity contribution in [3.05, 3.63) is 0 Å². The van der Waals surface area contributed by atoms with E-state index in [1.165, 1.54) is 14.0 Å². The Morgan fingerprint density at radius 1 is 0.977 bits per heavy atom. The number of hydrogen-bond acceptors (Lipinski definition) is 17. The van der Waals surface area contributed by atoms with Gasteiger partial charge in [0.05, 0.1) is 18.7 Å². The fourth-order valence-electron chi connectivity index (χ4n) is 6.09. The van der Waals surface area contributed by atoms with Crippen LogP contribution in [0.15, 0.2) is 0 Å². The first-order chi connectivity index (χ1) is 20.7. The van der Waals surface area contributed by atoms with Crippen molar-refractivity contribution >= 4 is 5.91 Å². The van der Waals surface area contributed by atoms with Crippen LogP contribution < -0.4 is 27.4 Å². The topological polar surface area (TPSA) is 304 Å². The molecule has 18 heteroatoms. The highest BCUT2D eigenvalue weighted by Gasteiger charge is 2.59. The highest BCUT2D eigenvalue weighted by Crippen LogP contribution is 2.36. The molecule has 0 radical (unpaired) electrons. The SMILES string of the molecule is CN[C@@H]1[C@@H](O)[C@@H](O[C@H]2[C@H](NC(=O)C3(O)CC3N)C[C@H](N)C(O[C@H]3O[C@H](CNCCCO)[C@@H](O)[C@H](O)[C@H]3O)[C@@H]2O)OC[C@]1(C)O. The molecule has 0 spiro atoms. The lowest BCUT2D eigenvalue weighted by molar-refractivity contribution is -0.330. The van der Waals surface area contributed by atoms with Crippen LogP contribution in [0.2, 0.25) is 0 Å². The molecule has 256 valence electrons. The molecule has 3 unspecified atom stereocenters. The molecule has 15 N–H and O–H groups in total. The number of hydrogen-bond donors (Lipinski definition) is 13. The first kappa shape index (κ1) is 35.7. The van der Waals surface area contributed by atoms with Crippen LogP contribution in [0.4, 0.5) is 0 Å². The fourth-order valence-corrected chi connectivity index (χ4v) is 6.09. The van der Waals surface area contributed by atoms with Gasteiger partial charge in [0, 0.05) is 31.7 Å². The third kappa shape index (κ3) is 7.36. The van der Waals surface area contributed by atoms with Crippen LogP contribution in [0.1, 0.15) is 26.2 Å². The molecule has 18 nitrogen and oxygen atoms in total. The van der Waals surface area contributed by atoms with Crippen molar-refractivity contribution in [3.8, 4) is 0 Å². The lowest BCUT2D eigenvalue weighted by Crippen LogP contribution is -2.70. The predicted molar refractivity (Wildman–Crippen MR) is 148 cm³/mol. The van der Waals surface area contributed by atoms with Gasteiger partial charge in [0.1, 0.15) is 54.4 Å². The van der Waals surface area contributed by atoms with Gasteiger partial charge in [-0.05, 0) is 33.4 Å². The molecule has 4 rings (SSSR count). The zero-order valence-corrected chi connectivity index (χ0v) is 24.8. The quantitative estimate of drug-likeness (QED) is 0.0882. The number of aliphatic hydroxyl groups is 8. The Balaban J connectivity index is 1.52. The van der Waals surface area contributed by atoms with Crippen LogP contribution in [-0.2, 0) is 23.7 Å². The molecular weight excluding hydrogens is 590 g/mol.